The van der Waals surface area contributed by atoms with Crippen LogP contribution in [-0.2, 0) is 14.8 Å². The minimum Gasteiger partial charge on any atom is -0.364 e. The summed E-state index contributed by atoms with van der Waals surface area (Å²) in [6.07, 6.45) is 2.91. The summed E-state index contributed by atoms with van der Waals surface area (Å²) in [6.45, 7) is 2.84. The molecule has 0 spiro atoms. The van der Waals surface area contributed by atoms with Crippen molar-refractivity contribution in [2.75, 3.05) is 6.54 Å². The van der Waals surface area contributed by atoms with E-state index in [1.165, 1.54) is 31.5 Å². The molecular weight excluding hydrogens is 448 g/mol. The van der Waals surface area contributed by atoms with Crippen molar-refractivity contribution in [1.82, 2.24) is 25.8 Å². The molecule has 0 bridgehead atoms. The van der Waals surface area contributed by atoms with Crippen LogP contribution in [0.25, 0.3) is 11.4 Å². The number of nitrogens with one attached hydrogen (secondary N) is 2. The zero-order valence-corrected chi connectivity index (χ0v) is 18.7. The van der Waals surface area contributed by atoms with E-state index in [1.807, 2.05) is 18.2 Å². The third kappa shape index (κ3) is 6.29. The topological polar surface area (TPSA) is 157 Å². The first kappa shape index (κ1) is 23.7. The highest BCUT2D eigenvalue weighted by atomic mass is 32.2. The monoisotopic (exact) mass is 470 g/mol. The van der Waals surface area contributed by atoms with Crippen LogP contribution in [0, 0.1) is 0 Å². The number of aromatic nitrogens is 3. The second-order valence-corrected chi connectivity index (χ2v) is 8.48. The predicted molar refractivity (Wildman–Crippen MR) is 119 cm³/mol. The van der Waals surface area contributed by atoms with Crippen molar-refractivity contribution in [2.24, 2.45) is 4.40 Å². The van der Waals surface area contributed by atoms with Gasteiger partial charge in [-0.15, -0.1) is 4.40 Å². The van der Waals surface area contributed by atoms with Gasteiger partial charge in [-0.3, -0.25) is 14.6 Å². The van der Waals surface area contributed by atoms with E-state index in [0.717, 1.165) is 0 Å². The zero-order chi connectivity index (χ0) is 23.8. The number of nitrogens with zero attached hydrogens (tertiary/aromatic N) is 4. The Labute approximate surface area is 190 Å². The van der Waals surface area contributed by atoms with Crippen LogP contribution in [0.2, 0.25) is 0 Å². The molecule has 3 aromatic rings. The number of hydrogen-bond acceptors (Lipinski definition) is 8. The van der Waals surface area contributed by atoms with Crippen LogP contribution in [0.15, 0.2) is 68.7 Å². The summed E-state index contributed by atoms with van der Waals surface area (Å²) in [5.74, 6) is -0.994. The van der Waals surface area contributed by atoms with Crippen LogP contribution in [-0.4, -0.2) is 53.7 Å². The Bertz CT molecular complexity index is 1240. The molecule has 0 unspecified atom stereocenters. The molecule has 0 aliphatic heterocycles. The minimum atomic E-state index is -3.96. The van der Waals surface area contributed by atoms with E-state index in [-0.39, 0.29) is 35.4 Å². The molecule has 3 rings (SSSR count). The van der Waals surface area contributed by atoms with Gasteiger partial charge >= 0.3 is 0 Å². The summed E-state index contributed by atoms with van der Waals surface area (Å²) < 4.78 is 33.1. The number of sulfonamides is 1. The van der Waals surface area contributed by atoms with Crippen molar-refractivity contribution in [3.05, 3.63) is 60.7 Å². The molecule has 1 aromatic carbocycles. The molecule has 1 amide bonds. The number of pyridine rings is 1. The number of hydrogen-bond donors (Lipinski definition) is 2. The number of ketones is 1. The van der Waals surface area contributed by atoms with Crippen molar-refractivity contribution in [3.8, 4) is 11.4 Å². The van der Waals surface area contributed by atoms with E-state index in [4.69, 9.17) is 4.52 Å². The van der Waals surface area contributed by atoms with E-state index >= 15 is 0 Å². The second-order valence-electron chi connectivity index (χ2n) is 6.88. The van der Waals surface area contributed by atoms with Gasteiger partial charge in [0.2, 0.25) is 17.5 Å². The highest BCUT2D eigenvalue weighted by Crippen LogP contribution is 2.16. The lowest BCUT2D eigenvalue weighted by atomic mass is 10.1. The van der Waals surface area contributed by atoms with Crippen LogP contribution in [0.5, 0.6) is 0 Å². The summed E-state index contributed by atoms with van der Waals surface area (Å²) in [7, 11) is -3.96. The Morgan fingerprint density at radius 2 is 1.91 bits per heavy atom. The largest absolute Gasteiger partial charge is 0.364 e. The van der Waals surface area contributed by atoms with Crippen molar-refractivity contribution in [2.45, 2.75) is 31.2 Å². The Kier molecular flexibility index (Phi) is 7.61. The van der Waals surface area contributed by atoms with E-state index in [2.05, 4.69) is 30.2 Å². The van der Waals surface area contributed by atoms with Gasteiger partial charge in [0.1, 0.15) is 10.7 Å². The molecule has 0 aliphatic carbocycles. The van der Waals surface area contributed by atoms with Crippen LogP contribution in [0.1, 0.15) is 31.0 Å². The summed E-state index contributed by atoms with van der Waals surface area (Å²) in [6, 6.07) is 11.0. The van der Waals surface area contributed by atoms with Gasteiger partial charge in [0.05, 0.1) is 12.6 Å². The lowest BCUT2D eigenvalue weighted by Crippen LogP contribution is -2.45. The Morgan fingerprint density at radius 1 is 1.15 bits per heavy atom. The van der Waals surface area contributed by atoms with E-state index in [0.29, 0.717) is 5.56 Å². The SMILES string of the molecule is CC[C@H](NC(=O)CN/C(C)=N/S(=O)(=O)c1cccnc1)C(=O)c1nc(-c2ccccc2)no1. The fourth-order valence-electron chi connectivity index (χ4n) is 2.75. The molecule has 0 radical (unpaired) electrons. The quantitative estimate of drug-likeness (QED) is 0.269. The van der Waals surface area contributed by atoms with Gasteiger partial charge in [-0.2, -0.15) is 13.4 Å². The highest BCUT2D eigenvalue weighted by molar-refractivity contribution is 7.90. The minimum absolute atomic E-state index is 0.0118. The number of carbonyl (C=O) groups is 2. The van der Waals surface area contributed by atoms with Crippen LogP contribution in [0.4, 0.5) is 0 Å². The zero-order valence-electron chi connectivity index (χ0n) is 17.9. The van der Waals surface area contributed by atoms with Crippen molar-refractivity contribution in [3.63, 3.8) is 0 Å². The van der Waals surface area contributed by atoms with E-state index in [1.54, 1.807) is 19.1 Å². The first-order valence-corrected chi connectivity index (χ1v) is 11.4. The van der Waals surface area contributed by atoms with Crippen molar-refractivity contribution >= 4 is 27.5 Å². The first-order valence-electron chi connectivity index (χ1n) is 9.98. The molecule has 172 valence electrons. The molecule has 0 saturated heterocycles. The summed E-state index contributed by atoms with van der Waals surface area (Å²) >= 11 is 0. The lowest BCUT2D eigenvalue weighted by molar-refractivity contribution is -0.120. The molecule has 2 heterocycles. The summed E-state index contributed by atoms with van der Waals surface area (Å²) in [5.41, 5.74) is 0.692. The van der Waals surface area contributed by atoms with Gasteiger partial charge in [0.25, 0.3) is 15.9 Å². The molecule has 0 saturated carbocycles. The highest BCUT2D eigenvalue weighted by Gasteiger charge is 2.26. The molecule has 0 fully saturated rings. The average Bonchev–Trinajstić information content (AvgIpc) is 3.32. The molecule has 33 heavy (non-hydrogen) atoms. The van der Waals surface area contributed by atoms with Gasteiger partial charge in [-0.05, 0) is 25.5 Å². The third-order valence-corrected chi connectivity index (χ3v) is 5.77. The van der Waals surface area contributed by atoms with Gasteiger partial charge in [-0.25, -0.2) is 0 Å². The molecule has 11 nitrogen and oxygen atoms in total. The molecule has 0 aliphatic rings. The van der Waals surface area contributed by atoms with Gasteiger partial charge in [0, 0.05) is 18.0 Å². The fourth-order valence-corrected chi connectivity index (χ4v) is 3.72. The summed E-state index contributed by atoms with van der Waals surface area (Å²) in [5, 5.41) is 9.00. The van der Waals surface area contributed by atoms with E-state index in [9.17, 15) is 18.0 Å². The molecule has 12 heteroatoms. The second kappa shape index (κ2) is 10.6. The molecule has 2 N–H and O–H groups in total. The third-order valence-electron chi connectivity index (χ3n) is 4.42. The van der Waals surface area contributed by atoms with Gasteiger partial charge < -0.3 is 15.2 Å². The predicted octanol–water partition coefficient (Wildman–Crippen LogP) is 1.61. The number of Topliss-reactive ketones (excluding diaryl/α,β-unsaturated/α-hetero) is 1. The Morgan fingerprint density at radius 3 is 2.58 bits per heavy atom. The van der Waals surface area contributed by atoms with Crippen molar-refractivity contribution < 1.29 is 22.5 Å². The Balaban J connectivity index is 1.58. The average molecular weight is 471 g/mol. The number of benzene rings is 1. The van der Waals surface area contributed by atoms with Gasteiger partial charge in [0.15, 0.2) is 0 Å². The van der Waals surface area contributed by atoms with Crippen LogP contribution >= 0.6 is 0 Å². The van der Waals surface area contributed by atoms with Crippen LogP contribution in [0.3, 0.4) is 0 Å². The standard InChI is InChI=1S/C21H22N6O5S/c1-3-17(19(29)21-25-20(26-32-21)15-8-5-4-6-9-15)24-18(28)13-23-14(2)27-33(30,31)16-10-7-11-22-12-16/h4-12,17H,3,13H2,1-2H3,(H,23,27)(H,24,28)/t17-/m0/s1. The smallest absolute Gasteiger partial charge is 0.296 e. The molecule has 2 aromatic heterocycles. The Hall–Kier alpha value is -3.93. The maximum absolute atomic E-state index is 12.7. The van der Waals surface area contributed by atoms with Crippen molar-refractivity contribution in [1.29, 1.82) is 0 Å². The number of rotatable bonds is 9. The lowest BCUT2D eigenvalue weighted by Gasteiger charge is -2.14. The van der Waals surface area contributed by atoms with Gasteiger partial charge in [-0.1, -0.05) is 42.4 Å². The van der Waals surface area contributed by atoms with Crippen LogP contribution < -0.4 is 10.6 Å². The normalized spacial score (nSPS) is 12.7. The maximum Gasteiger partial charge on any atom is 0.296 e. The molecular formula is C21H22N6O5S. The maximum atomic E-state index is 12.7. The number of amidine groups is 1. The number of amides is 1. The molecule has 1 atom stereocenters. The fraction of sp³-hybridized carbons (Fsp3) is 0.238. The summed E-state index contributed by atoms with van der Waals surface area (Å²) in [4.78, 5) is 32.8. The first-order chi connectivity index (χ1) is 15.8. The van der Waals surface area contributed by atoms with E-state index < -0.39 is 27.8 Å². The number of carbonyl (C=O) groups excluding carboxylic acids is 2.